The summed E-state index contributed by atoms with van der Waals surface area (Å²) in [7, 11) is 0. The van der Waals surface area contributed by atoms with E-state index in [0.717, 1.165) is 11.8 Å². The Bertz CT molecular complexity index is 670. The third-order valence-electron chi connectivity index (χ3n) is 2.39. The monoisotopic (exact) mass is 302 g/mol. The molecule has 0 aliphatic heterocycles. The Morgan fingerprint density at radius 2 is 2.25 bits per heavy atom. The Morgan fingerprint density at radius 1 is 1.50 bits per heavy atom. The molecule has 2 aromatic rings. The number of aromatic nitrogens is 4. The molecular formula is C10H12F2N6OS. The van der Waals surface area contributed by atoms with Gasteiger partial charge in [-0.25, -0.2) is 29.5 Å². The topological polar surface area (TPSA) is 102 Å². The maximum Gasteiger partial charge on any atom is 0.343 e. The van der Waals surface area contributed by atoms with Crippen molar-refractivity contribution in [3.8, 4) is 0 Å². The summed E-state index contributed by atoms with van der Waals surface area (Å²) in [6.07, 6.45) is 0.710. The number of H-pyrrole nitrogens is 1. The van der Waals surface area contributed by atoms with Crippen molar-refractivity contribution in [3.05, 3.63) is 28.2 Å². The lowest BCUT2D eigenvalue weighted by Gasteiger charge is -2.06. The van der Waals surface area contributed by atoms with Crippen molar-refractivity contribution < 1.29 is 8.78 Å². The number of nitrogen functional groups attached to an aromatic ring is 1. The van der Waals surface area contributed by atoms with E-state index in [1.807, 2.05) is 12.3 Å². The number of halogens is 2. The second-order valence-electron chi connectivity index (χ2n) is 3.82. The van der Waals surface area contributed by atoms with Gasteiger partial charge >= 0.3 is 5.69 Å². The van der Waals surface area contributed by atoms with E-state index >= 15 is 0 Å². The SMILES string of the molecule is CCCn1c(Sc2nc(NN)c(F)cc2F)n[nH]c1=O. The fourth-order valence-corrected chi connectivity index (χ4v) is 2.35. The molecule has 4 N–H and O–H groups in total. The number of nitrogens with two attached hydrogens (primary N) is 1. The van der Waals surface area contributed by atoms with Crippen LogP contribution in [0.1, 0.15) is 13.3 Å². The molecule has 0 amide bonds. The molecule has 108 valence electrons. The van der Waals surface area contributed by atoms with Crippen molar-refractivity contribution in [2.24, 2.45) is 5.84 Å². The Labute approximate surface area is 116 Å². The predicted octanol–water partition coefficient (Wildman–Crippen LogP) is 1.09. The van der Waals surface area contributed by atoms with E-state index in [-0.39, 0.29) is 16.0 Å². The van der Waals surface area contributed by atoms with Crippen LogP contribution in [0, 0.1) is 11.6 Å². The van der Waals surface area contributed by atoms with Crippen LogP contribution in [0.25, 0.3) is 0 Å². The molecule has 0 aliphatic carbocycles. The highest BCUT2D eigenvalue weighted by Gasteiger charge is 2.16. The molecule has 2 aromatic heterocycles. The largest absolute Gasteiger partial charge is 0.343 e. The molecule has 10 heteroatoms. The average Bonchev–Trinajstić information content (AvgIpc) is 2.75. The van der Waals surface area contributed by atoms with Crippen LogP contribution in [0.2, 0.25) is 0 Å². The summed E-state index contributed by atoms with van der Waals surface area (Å²) < 4.78 is 28.3. The maximum absolute atomic E-state index is 13.7. The van der Waals surface area contributed by atoms with Crippen LogP contribution >= 0.6 is 11.8 Å². The molecule has 0 spiro atoms. The van der Waals surface area contributed by atoms with E-state index in [1.54, 1.807) is 0 Å². The normalized spacial score (nSPS) is 10.8. The number of hydrogen-bond donors (Lipinski definition) is 3. The van der Waals surface area contributed by atoms with Crippen molar-refractivity contribution in [1.82, 2.24) is 19.7 Å². The van der Waals surface area contributed by atoms with Crippen LogP contribution in [0.15, 0.2) is 21.0 Å². The second-order valence-corrected chi connectivity index (χ2v) is 4.77. The molecule has 0 saturated carbocycles. The minimum atomic E-state index is -0.901. The van der Waals surface area contributed by atoms with Crippen LogP contribution < -0.4 is 17.0 Å². The average molecular weight is 302 g/mol. The molecule has 0 aliphatic rings. The van der Waals surface area contributed by atoms with Crippen LogP contribution in [-0.4, -0.2) is 19.7 Å². The number of nitrogens with one attached hydrogen (secondary N) is 2. The highest BCUT2D eigenvalue weighted by molar-refractivity contribution is 7.99. The second kappa shape index (κ2) is 6.01. The number of pyridine rings is 1. The third-order valence-corrected chi connectivity index (χ3v) is 3.37. The van der Waals surface area contributed by atoms with Crippen molar-refractivity contribution in [2.75, 3.05) is 5.43 Å². The van der Waals surface area contributed by atoms with Crippen LogP contribution in [0.5, 0.6) is 0 Å². The molecule has 0 saturated heterocycles. The van der Waals surface area contributed by atoms with Crippen LogP contribution in [0.3, 0.4) is 0 Å². The van der Waals surface area contributed by atoms with E-state index < -0.39 is 17.3 Å². The van der Waals surface area contributed by atoms with Crippen LogP contribution in [-0.2, 0) is 6.54 Å². The zero-order valence-corrected chi connectivity index (χ0v) is 11.3. The molecule has 0 radical (unpaired) electrons. The smallest absolute Gasteiger partial charge is 0.306 e. The molecule has 0 atom stereocenters. The summed E-state index contributed by atoms with van der Waals surface area (Å²) in [5.41, 5.74) is 1.64. The summed E-state index contributed by atoms with van der Waals surface area (Å²) >= 11 is 0.812. The van der Waals surface area contributed by atoms with E-state index in [0.29, 0.717) is 19.0 Å². The van der Waals surface area contributed by atoms with E-state index in [1.165, 1.54) is 4.57 Å². The van der Waals surface area contributed by atoms with Gasteiger partial charge in [-0.2, -0.15) is 0 Å². The molecule has 7 nitrogen and oxygen atoms in total. The molecule has 0 bridgehead atoms. The van der Waals surface area contributed by atoms with E-state index in [4.69, 9.17) is 5.84 Å². The van der Waals surface area contributed by atoms with Gasteiger partial charge < -0.3 is 5.43 Å². The molecule has 0 fully saturated rings. The minimum Gasteiger partial charge on any atom is -0.306 e. The third kappa shape index (κ3) is 2.80. The van der Waals surface area contributed by atoms with Gasteiger partial charge in [0.1, 0.15) is 5.03 Å². The van der Waals surface area contributed by atoms with Gasteiger partial charge in [-0.1, -0.05) is 6.92 Å². The molecule has 0 unspecified atom stereocenters. The number of aromatic amines is 1. The van der Waals surface area contributed by atoms with Gasteiger partial charge in [0.05, 0.1) is 0 Å². The van der Waals surface area contributed by atoms with Crippen molar-refractivity contribution in [3.63, 3.8) is 0 Å². The molecule has 0 aromatic carbocycles. The first-order valence-corrected chi connectivity index (χ1v) is 6.54. The number of hydrazine groups is 1. The Kier molecular flexibility index (Phi) is 4.35. The summed E-state index contributed by atoms with van der Waals surface area (Å²) in [6.45, 7) is 2.32. The summed E-state index contributed by atoms with van der Waals surface area (Å²) in [4.78, 5) is 15.2. The highest BCUT2D eigenvalue weighted by atomic mass is 32.2. The number of hydrogen-bond acceptors (Lipinski definition) is 6. The van der Waals surface area contributed by atoms with Gasteiger partial charge in [-0.15, -0.1) is 5.10 Å². The number of anilines is 1. The molecular weight excluding hydrogens is 290 g/mol. The predicted molar refractivity (Wildman–Crippen MR) is 69.2 cm³/mol. The van der Waals surface area contributed by atoms with E-state index in [9.17, 15) is 13.6 Å². The van der Waals surface area contributed by atoms with Crippen molar-refractivity contribution in [2.45, 2.75) is 30.1 Å². The maximum atomic E-state index is 13.7. The van der Waals surface area contributed by atoms with Crippen molar-refractivity contribution >= 4 is 17.6 Å². The first kappa shape index (κ1) is 14.5. The van der Waals surface area contributed by atoms with E-state index in [2.05, 4.69) is 15.2 Å². The van der Waals surface area contributed by atoms with Gasteiger partial charge in [-0.05, 0) is 18.2 Å². The number of nitrogens with zero attached hydrogens (tertiary/aromatic N) is 3. The Morgan fingerprint density at radius 3 is 2.90 bits per heavy atom. The molecule has 2 rings (SSSR count). The van der Waals surface area contributed by atoms with Gasteiger partial charge in [-0.3, -0.25) is 4.57 Å². The Balaban J connectivity index is 2.37. The zero-order valence-electron chi connectivity index (χ0n) is 10.5. The first-order valence-electron chi connectivity index (χ1n) is 5.72. The molecule has 2 heterocycles. The van der Waals surface area contributed by atoms with Gasteiger partial charge in [0.2, 0.25) is 0 Å². The first-order chi connectivity index (χ1) is 9.56. The Hall–Kier alpha value is -1.94. The van der Waals surface area contributed by atoms with Crippen molar-refractivity contribution in [1.29, 1.82) is 0 Å². The van der Waals surface area contributed by atoms with Gasteiger partial charge in [0.15, 0.2) is 22.6 Å². The standard InChI is InChI=1S/C10H12F2N6OS/c1-2-3-18-9(19)16-17-10(18)20-8-6(12)4-5(11)7(14-8)15-13/h4H,2-3,13H2,1H3,(H,14,15)(H,16,19). The fraction of sp³-hybridized carbons (Fsp3) is 0.300. The summed E-state index contributed by atoms with van der Waals surface area (Å²) in [6, 6.07) is 0.666. The van der Waals surface area contributed by atoms with Crippen LogP contribution in [0.4, 0.5) is 14.6 Å². The lowest BCUT2D eigenvalue weighted by molar-refractivity contribution is 0.549. The number of rotatable bonds is 5. The highest BCUT2D eigenvalue weighted by Crippen LogP contribution is 2.28. The fourth-order valence-electron chi connectivity index (χ4n) is 1.51. The van der Waals surface area contributed by atoms with Gasteiger partial charge in [0, 0.05) is 12.6 Å². The van der Waals surface area contributed by atoms with Gasteiger partial charge in [0.25, 0.3) is 0 Å². The zero-order chi connectivity index (χ0) is 14.7. The quantitative estimate of drug-likeness (QED) is 0.564. The minimum absolute atomic E-state index is 0.129. The summed E-state index contributed by atoms with van der Waals surface area (Å²) in [5.74, 6) is 3.04. The molecule has 20 heavy (non-hydrogen) atoms. The summed E-state index contributed by atoms with van der Waals surface area (Å²) in [5, 5.41) is 6.18. The lowest BCUT2D eigenvalue weighted by Crippen LogP contribution is -2.17. The lowest BCUT2D eigenvalue weighted by atomic mass is 10.4.